The van der Waals surface area contributed by atoms with Crippen LogP contribution in [0.2, 0.25) is 0 Å². The quantitative estimate of drug-likeness (QED) is 0.143. The second kappa shape index (κ2) is 19.2. The van der Waals surface area contributed by atoms with Gasteiger partial charge in [-0.3, -0.25) is 0 Å². The molecule has 0 fully saturated rings. The van der Waals surface area contributed by atoms with Crippen LogP contribution in [0.15, 0.2) is 12.4 Å². The highest BCUT2D eigenvalue weighted by molar-refractivity contribution is 4.83. The van der Waals surface area contributed by atoms with Crippen LogP contribution >= 0.6 is 0 Å². The number of rotatable bonds is 21. The maximum atomic E-state index is 2.54. The fourth-order valence-corrected chi connectivity index (χ4v) is 4.46. The summed E-state index contributed by atoms with van der Waals surface area (Å²) in [6.07, 6.45) is 31.4. The highest BCUT2D eigenvalue weighted by Gasteiger charge is 2.15. The van der Waals surface area contributed by atoms with Crippen molar-refractivity contribution in [3.05, 3.63) is 18.2 Å². The van der Waals surface area contributed by atoms with Crippen molar-refractivity contribution in [2.45, 2.75) is 156 Å². The molecule has 2 heteroatoms. The number of aryl methyl sites for hydroxylation is 2. The fraction of sp³-hybridized carbons (Fsp3) is 0.889. The lowest BCUT2D eigenvalue weighted by atomic mass is 10.0. The van der Waals surface area contributed by atoms with E-state index in [4.69, 9.17) is 0 Å². The predicted octanol–water partition coefficient (Wildman–Crippen LogP) is 8.40. The average molecular weight is 406 g/mol. The first-order valence-corrected chi connectivity index (χ1v) is 13.4. The standard InChI is InChI=1S/C27H53N2/c1-4-7-9-11-12-13-14-15-16-17-18-20-22-24-29-26-25-28(6-3)27(29)23-21-19-10-8-5-2/h25-26H,4-24H2,1-3H3/q+1. The number of hydrogen-bond donors (Lipinski definition) is 0. The lowest BCUT2D eigenvalue weighted by Crippen LogP contribution is -2.37. The molecule has 0 unspecified atom stereocenters. The summed E-state index contributed by atoms with van der Waals surface area (Å²) in [7, 11) is 0. The minimum absolute atomic E-state index is 1.11. The lowest BCUT2D eigenvalue weighted by molar-refractivity contribution is -0.704. The molecule has 0 aromatic carbocycles. The van der Waals surface area contributed by atoms with Gasteiger partial charge < -0.3 is 0 Å². The highest BCUT2D eigenvalue weighted by Crippen LogP contribution is 2.13. The van der Waals surface area contributed by atoms with E-state index in [1.54, 1.807) is 5.82 Å². The molecule has 0 atom stereocenters. The van der Waals surface area contributed by atoms with Gasteiger partial charge in [0, 0.05) is 6.42 Å². The maximum absolute atomic E-state index is 2.54. The van der Waals surface area contributed by atoms with Crippen LogP contribution in [0.25, 0.3) is 0 Å². The molecule has 2 nitrogen and oxygen atoms in total. The van der Waals surface area contributed by atoms with Crippen LogP contribution in [-0.2, 0) is 19.5 Å². The van der Waals surface area contributed by atoms with Crippen molar-refractivity contribution < 1.29 is 4.57 Å². The highest BCUT2D eigenvalue weighted by atomic mass is 15.1. The third-order valence-electron chi connectivity index (χ3n) is 6.44. The summed E-state index contributed by atoms with van der Waals surface area (Å²) in [5.74, 6) is 1.56. The molecule has 0 aliphatic carbocycles. The molecular weight excluding hydrogens is 352 g/mol. The molecule has 0 radical (unpaired) electrons. The summed E-state index contributed by atoms with van der Waals surface area (Å²) >= 11 is 0. The summed E-state index contributed by atoms with van der Waals surface area (Å²) in [4.78, 5) is 0. The van der Waals surface area contributed by atoms with Gasteiger partial charge in [-0.25, -0.2) is 9.13 Å². The monoisotopic (exact) mass is 405 g/mol. The zero-order chi connectivity index (χ0) is 21.0. The van der Waals surface area contributed by atoms with Crippen LogP contribution in [-0.4, -0.2) is 4.57 Å². The SMILES string of the molecule is CCCCCCCCCCCCCCC[n+]1ccn(CC)c1CCCCCCC. The van der Waals surface area contributed by atoms with E-state index in [-0.39, 0.29) is 0 Å². The number of hydrogen-bond acceptors (Lipinski definition) is 0. The molecule has 0 aliphatic heterocycles. The number of aromatic nitrogens is 2. The summed E-state index contributed by atoms with van der Waals surface area (Å²) in [6, 6.07) is 0. The third kappa shape index (κ3) is 13.2. The second-order valence-electron chi connectivity index (χ2n) is 9.10. The molecule has 0 N–H and O–H groups in total. The molecule has 1 rings (SSSR count). The molecule has 29 heavy (non-hydrogen) atoms. The van der Waals surface area contributed by atoms with Gasteiger partial charge in [0.05, 0.1) is 13.1 Å². The topological polar surface area (TPSA) is 8.81 Å². The van der Waals surface area contributed by atoms with Crippen molar-refractivity contribution in [2.75, 3.05) is 0 Å². The second-order valence-corrected chi connectivity index (χ2v) is 9.10. The van der Waals surface area contributed by atoms with E-state index in [0.29, 0.717) is 0 Å². The Morgan fingerprint density at radius 3 is 1.52 bits per heavy atom. The first kappa shape index (κ1) is 26.2. The Hall–Kier alpha value is -0.790. The van der Waals surface area contributed by atoms with Crippen LogP contribution < -0.4 is 4.57 Å². The van der Waals surface area contributed by atoms with Crippen LogP contribution in [0.5, 0.6) is 0 Å². The molecule has 170 valence electrons. The number of unbranched alkanes of at least 4 members (excludes halogenated alkanes) is 16. The van der Waals surface area contributed by atoms with Gasteiger partial charge in [0.1, 0.15) is 12.4 Å². The Morgan fingerprint density at radius 1 is 0.586 bits per heavy atom. The predicted molar refractivity (Wildman–Crippen MR) is 128 cm³/mol. The summed E-state index contributed by atoms with van der Waals surface area (Å²) < 4.78 is 5.00. The minimum Gasteiger partial charge on any atom is -0.235 e. The molecule has 1 aromatic heterocycles. The zero-order valence-electron chi connectivity index (χ0n) is 20.4. The number of imidazole rings is 1. The first-order chi connectivity index (χ1) is 14.3. The molecule has 0 saturated carbocycles. The summed E-state index contributed by atoms with van der Waals surface area (Å²) in [5.41, 5.74) is 0. The van der Waals surface area contributed by atoms with Crippen molar-refractivity contribution in [2.24, 2.45) is 0 Å². The van der Waals surface area contributed by atoms with Crippen LogP contribution in [0.1, 0.15) is 142 Å². The molecule has 0 amide bonds. The summed E-state index contributed by atoms with van der Waals surface area (Å²) in [5, 5.41) is 0. The average Bonchev–Trinajstić information content (AvgIpc) is 3.13. The van der Waals surface area contributed by atoms with E-state index in [1.165, 1.54) is 129 Å². The van der Waals surface area contributed by atoms with Gasteiger partial charge in [0.2, 0.25) is 0 Å². The van der Waals surface area contributed by atoms with E-state index in [0.717, 1.165) is 6.54 Å². The Morgan fingerprint density at radius 2 is 1.03 bits per heavy atom. The van der Waals surface area contributed by atoms with Gasteiger partial charge in [0.15, 0.2) is 0 Å². The normalized spacial score (nSPS) is 11.4. The van der Waals surface area contributed by atoms with Crippen LogP contribution in [0, 0.1) is 0 Å². The molecule has 0 spiro atoms. The van der Waals surface area contributed by atoms with Crippen molar-refractivity contribution in [3.63, 3.8) is 0 Å². The van der Waals surface area contributed by atoms with Gasteiger partial charge in [-0.1, -0.05) is 110 Å². The molecular formula is C27H53N2+. The number of nitrogens with zero attached hydrogens (tertiary/aromatic N) is 2. The molecule has 0 saturated heterocycles. The van der Waals surface area contributed by atoms with Crippen LogP contribution in [0.4, 0.5) is 0 Å². The maximum Gasteiger partial charge on any atom is 0.256 e. The van der Waals surface area contributed by atoms with Gasteiger partial charge >= 0.3 is 0 Å². The van der Waals surface area contributed by atoms with Crippen molar-refractivity contribution in [3.8, 4) is 0 Å². The van der Waals surface area contributed by atoms with Gasteiger partial charge in [-0.2, -0.15) is 0 Å². The van der Waals surface area contributed by atoms with Crippen LogP contribution in [0.3, 0.4) is 0 Å². The van der Waals surface area contributed by atoms with E-state index in [2.05, 4.69) is 42.3 Å². The minimum atomic E-state index is 1.11. The smallest absolute Gasteiger partial charge is 0.235 e. The molecule has 1 aromatic rings. The molecule has 0 aliphatic rings. The Labute approximate surface area is 183 Å². The fourth-order valence-electron chi connectivity index (χ4n) is 4.46. The molecule has 0 bridgehead atoms. The van der Waals surface area contributed by atoms with Gasteiger partial charge in [0.25, 0.3) is 5.82 Å². The van der Waals surface area contributed by atoms with Gasteiger partial charge in [-0.15, -0.1) is 0 Å². The molecule has 1 heterocycles. The van der Waals surface area contributed by atoms with Gasteiger partial charge in [-0.05, 0) is 26.2 Å². The first-order valence-electron chi connectivity index (χ1n) is 13.4. The Balaban J connectivity index is 2.05. The van der Waals surface area contributed by atoms with Crippen molar-refractivity contribution in [1.82, 2.24) is 4.57 Å². The lowest BCUT2D eigenvalue weighted by Gasteiger charge is -2.05. The Kier molecular flexibility index (Phi) is 17.4. The van der Waals surface area contributed by atoms with Crippen molar-refractivity contribution >= 4 is 0 Å². The largest absolute Gasteiger partial charge is 0.256 e. The summed E-state index contributed by atoms with van der Waals surface area (Å²) in [6.45, 7) is 9.20. The van der Waals surface area contributed by atoms with E-state index < -0.39 is 0 Å². The van der Waals surface area contributed by atoms with E-state index in [1.807, 2.05) is 0 Å². The van der Waals surface area contributed by atoms with E-state index in [9.17, 15) is 0 Å². The zero-order valence-corrected chi connectivity index (χ0v) is 20.4. The third-order valence-corrected chi connectivity index (χ3v) is 6.44. The van der Waals surface area contributed by atoms with Crippen molar-refractivity contribution in [1.29, 1.82) is 0 Å². The van der Waals surface area contributed by atoms with E-state index >= 15 is 0 Å². The Bertz CT molecular complexity index is 463.